The van der Waals surface area contributed by atoms with E-state index < -0.39 is 15.7 Å². The quantitative estimate of drug-likeness (QED) is 0.610. The van der Waals surface area contributed by atoms with Crippen LogP contribution in [0.25, 0.3) is 0 Å². The molecule has 4 heteroatoms. The van der Waals surface area contributed by atoms with Crippen LogP contribution in [0.15, 0.2) is 29.2 Å². The largest absolute Gasteiger partial charge is 0.298 e. The van der Waals surface area contributed by atoms with E-state index in [2.05, 4.69) is 5.92 Å². The lowest BCUT2D eigenvalue weighted by Gasteiger charge is -2.35. The average molecular weight is 250 g/mol. The minimum absolute atomic E-state index is 0.157. The summed E-state index contributed by atoms with van der Waals surface area (Å²) in [5, 5.41) is 0. The van der Waals surface area contributed by atoms with Crippen molar-refractivity contribution in [1.82, 2.24) is 0 Å². The predicted molar refractivity (Wildman–Crippen MR) is 64.9 cm³/mol. The number of aryl methyl sites for hydroxylation is 1. The fourth-order valence-corrected chi connectivity index (χ4v) is 2.91. The molecule has 0 radical (unpaired) electrons. The van der Waals surface area contributed by atoms with Gasteiger partial charge in [-0.3, -0.25) is 0 Å². The molecule has 0 saturated heterocycles. The van der Waals surface area contributed by atoms with E-state index >= 15 is 0 Å². The first-order valence-electron chi connectivity index (χ1n) is 5.48. The predicted octanol–water partition coefficient (Wildman–Crippen LogP) is 2.26. The Morgan fingerprint density at radius 2 is 1.88 bits per heavy atom. The summed E-state index contributed by atoms with van der Waals surface area (Å²) in [5.41, 5.74) is 0.0863. The lowest BCUT2D eigenvalue weighted by atomic mass is 9.81. The first-order valence-corrected chi connectivity index (χ1v) is 6.88. The smallest absolute Gasteiger partial charge is 0.247 e. The summed E-state index contributed by atoms with van der Waals surface area (Å²) in [6, 6.07) is 6.54. The van der Waals surface area contributed by atoms with Crippen molar-refractivity contribution >= 4 is 10.1 Å². The van der Waals surface area contributed by atoms with Crippen molar-refractivity contribution in [2.24, 2.45) is 0 Å². The van der Waals surface area contributed by atoms with Crippen molar-refractivity contribution in [1.29, 1.82) is 0 Å². The van der Waals surface area contributed by atoms with Gasteiger partial charge in [-0.05, 0) is 38.3 Å². The van der Waals surface area contributed by atoms with Crippen molar-refractivity contribution < 1.29 is 12.6 Å². The second-order valence-electron chi connectivity index (χ2n) is 4.34. The van der Waals surface area contributed by atoms with E-state index in [0.29, 0.717) is 12.8 Å². The Hall–Kier alpha value is -1.31. The molecule has 0 heterocycles. The highest BCUT2D eigenvalue weighted by Gasteiger charge is 2.41. The Bertz CT molecular complexity index is 545. The third-order valence-electron chi connectivity index (χ3n) is 3.00. The van der Waals surface area contributed by atoms with Crippen molar-refractivity contribution in [3.05, 3.63) is 29.8 Å². The number of benzene rings is 1. The summed E-state index contributed by atoms with van der Waals surface area (Å²) < 4.78 is 29.2. The maximum absolute atomic E-state index is 12.0. The fraction of sp³-hybridized carbons (Fsp3) is 0.385. The van der Waals surface area contributed by atoms with Gasteiger partial charge in [0.25, 0.3) is 10.1 Å². The molecule has 0 amide bonds. The maximum atomic E-state index is 12.0. The monoisotopic (exact) mass is 250 g/mol. The van der Waals surface area contributed by atoms with Crippen molar-refractivity contribution in [2.45, 2.75) is 36.7 Å². The number of hydrogen-bond acceptors (Lipinski definition) is 3. The maximum Gasteiger partial charge on any atom is 0.298 e. The zero-order chi connectivity index (χ0) is 12.5. The lowest BCUT2D eigenvalue weighted by Crippen LogP contribution is -2.40. The third kappa shape index (κ3) is 2.36. The Kier molecular flexibility index (Phi) is 2.98. The lowest BCUT2D eigenvalue weighted by molar-refractivity contribution is 0.0572. The van der Waals surface area contributed by atoms with Crippen LogP contribution in [0.1, 0.15) is 24.8 Å². The molecule has 1 aliphatic rings. The van der Waals surface area contributed by atoms with Crippen LogP contribution in [0.3, 0.4) is 0 Å². The molecular formula is C13H14O3S. The summed E-state index contributed by atoms with van der Waals surface area (Å²) >= 11 is 0. The third-order valence-corrected chi connectivity index (χ3v) is 4.39. The molecule has 0 atom stereocenters. The van der Waals surface area contributed by atoms with Gasteiger partial charge >= 0.3 is 0 Å². The molecule has 0 unspecified atom stereocenters. The highest BCUT2D eigenvalue weighted by atomic mass is 32.2. The molecule has 1 saturated carbocycles. The second-order valence-corrected chi connectivity index (χ2v) is 5.89. The van der Waals surface area contributed by atoms with Gasteiger partial charge in [0, 0.05) is 0 Å². The van der Waals surface area contributed by atoms with E-state index in [9.17, 15) is 8.42 Å². The topological polar surface area (TPSA) is 43.4 Å². The van der Waals surface area contributed by atoms with Crippen LogP contribution in [-0.2, 0) is 14.3 Å². The van der Waals surface area contributed by atoms with Gasteiger partial charge in [-0.15, -0.1) is 6.42 Å². The molecule has 17 heavy (non-hydrogen) atoms. The average Bonchev–Trinajstić information content (AvgIpc) is 2.24. The van der Waals surface area contributed by atoms with Gasteiger partial charge in [-0.1, -0.05) is 23.6 Å². The molecule has 0 aromatic heterocycles. The summed E-state index contributed by atoms with van der Waals surface area (Å²) in [4.78, 5) is 0.157. The van der Waals surface area contributed by atoms with E-state index in [1.165, 1.54) is 12.1 Å². The van der Waals surface area contributed by atoms with Crippen LogP contribution in [-0.4, -0.2) is 14.0 Å². The van der Waals surface area contributed by atoms with Gasteiger partial charge in [0.1, 0.15) is 5.60 Å². The molecule has 0 spiro atoms. The Labute approximate surface area is 102 Å². The zero-order valence-corrected chi connectivity index (χ0v) is 10.5. The molecular weight excluding hydrogens is 236 g/mol. The van der Waals surface area contributed by atoms with Gasteiger partial charge in [-0.25, -0.2) is 4.18 Å². The number of hydrogen-bond donors (Lipinski definition) is 0. The van der Waals surface area contributed by atoms with Crippen LogP contribution in [0.2, 0.25) is 0 Å². The molecule has 3 nitrogen and oxygen atoms in total. The van der Waals surface area contributed by atoms with Crippen molar-refractivity contribution in [3.8, 4) is 12.3 Å². The van der Waals surface area contributed by atoms with Gasteiger partial charge in [0.05, 0.1) is 4.90 Å². The van der Waals surface area contributed by atoms with Gasteiger partial charge in [-0.2, -0.15) is 8.42 Å². The zero-order valence-electron chi connectivity index (χ0n) is 9.64. The van der Waals surface area contributed by atoms with Gasteiger partial charge in [0.15, 0.2) is 0 Å². The van der Waals surface area contributed by atoms with E-state index in [1.807, 2.05) is 6.92 Å². The minimum Gasteiger partial charge on any atom is -0.247 e. The van der Waals surface area contributed by atoms with Crippen LogP contribution in [0, 0.1) is 19.3 Å². The minimum atomic E-state index is -3.75. The van der Waals surface area contributed by atoms with Crippen LogP contribution >= 0.6 is 0 Å². The fourth-order valence-electron chi connectivity index (χ4n) is 1.71. The van der Waals surface area contributed by atoms with E-state index in [0.717, 1.165) is 12.0 Å². The first kappa shape index (κ1) is 12.2. The number of rotatable bonds is 3. The highest BCUT2D eigenvalue weighted by Crippen LogP contribution is 2.37. The summed E-state index contributed by atoms with van der Waals surface area (Å²) in [6.45, 7) is 1.89. The summed E-state index contributed by atoms with van der Waals surface area (Å²) in [5.74, 6) is 2.45. The van der Waals surface area contributed by atoms with Crippen LogP contribution in [0.4, 0.5) is 0 Å². The van der Waals surface area contributed by atoms with Crippen molar-refractivity contribution in [3.63, 3.8) is 0 Å². The second kappa shape index (κ2) is 4.17. The molecule has 90 valence electrons. The Balaban J connectivity index is 2.26. The van der Waals surface area contributed by atoms with Crippen molar-refractivity contribution in [2.75, 3.05) is 0 Å². The molecule has 2 rings (SSSR count). The van der Waals surface area contributed by atoms with Crippen LogP contribution < -0.4 is 0 Å². The van der Waals surface area contributed by atoms with E-state index in [-0.39, 0.29) is 4.90 Å². The number of terminal acetylenes is 1. The van der Waals surface area contributed by atoms with Gasteiger partial charge in [0.2, 0.25) is 0 Å². The molecule has 1 aromatic rings. The van der Waals surface area contributed by atoms with E-state index in [1.54, 1.807) is 12.1 Å². The molecule has 1 aliphatic carbocycles. The highest BCUT2D eigenvalue weighted by molar-refractivity contribution is 7.86. The summed E-state index contributed by atoms with van der Waals surface area (Å²) in [7, 11) is -3.75. The van der Waals surface area contributed by atoms with Gasteiger partial charge < -0.3 is 0 Å². The molecule has 1 aromatic carbocycles. The normalized spacial score (nSPS) is 18.1. The Morgan fingerprint density at radius 3 is 2.29 bits per heavy atom. The first-order chi connectivity index (χ1) is 7.97. The van der Waals surface area contributed by atoms with Crippen LogP contribution in [0.5, 0.6) is 0 Å². The molecule has 0 bridgehead atoms. The molecule has 1 fully saturated rings. The van der Waals surface area contributed by atoms with E-state index in [4.69, 9.17) is 10.6 Å². The SMILES string of the molecule is C#CC1(OS(=O)(=O)c2ccc(C)cc2)CCC1. The Morgan fingerprint density at radius 1 is 1.29 bits per heavy atom. The molecule has 0 aliphatic heterocycles. The summed E-state index contributed by atoms with van der Waals surface area (Å²) in [6.07, 6.45) is 7.46. The standard InChI is InChI=1S/C13H14O3S/c1-3-13(9-4-10-13)16-17(14,15)12-7-5-11(2)6-8-12/h1,5-8H,4,9-10H2,2H3. The molecule has 0 N–H and O–H groups in total.